The van der Waals surface area contributed by atoms with Crippen LogP contribution in [-0.4, -0.2) is 35.7 Å². The number of phenols is 1. The maximum absolute atomic E-state index is 12.0. The monoisotopic (exact) mass is 331 g/mol. The molecule has 0 bridgehead atoms. The molecule has 1 aliphatic heterocycles. The fourth-order valence-electron chi connectivity index (χ4n) is 3.05. The zero-order valence-corrected chi connectivity index (χ0v) is 13.7. The quantitative estimate of drug-likeness (QED) is 0.685. The maximum Gasteiger partial charge on any atom is 0.351 e. The number of carbonyl (C=O) groups is 1. The minimum atomic E-state index is -0.800. The van der Waals surface area contributed by atoms with E-state index in [2.05, 4.69) is 4.90 Å². The van der Waals surface area contributed by atoms with E-state index in [0.717, 1.165) is 31.5 Å². The van der Waals surface area contributed by atoms with Crippen LogP contribution in [0.4, 0.5) is 0 Å². The van der Waals surface area contributed by atoms with Gasteiger partial charge in [-0.1, -0.05) is 18.6 Å². The number of likely N-dealkylation sites (tertiary alicyclic amines) is 1. The Kier molecular flexibility index (Phi) is 4.85. The largest absolute Gasteiger partial charge is 0.504 e. The highest BCUT2D eigenvalue weighted by molar-refractivity contribution is 5.94. The Labute approximate surface area is 139 Å². The van der Waals surface area contributed by atoms with Crippen LogP contribution in [0.25, 0.3) is 11.0 Å². The van der Waals surface area contributed by atoms with Gasteiger partial charge in [-0.2, -0.15) is 0 Å². The van der Waals surface area contributed by atoms with Crippen molar-refractivity contribution in [3.63, 3.8) is 0 Å². The lowest BCUT2D eigenvalue weighted by atomic mass is 10.1. The van der Waals surface area contributed by atoms with Gasteiger partial charge in [0.2, 0.25) is 0 Å². The lowest BCUT2D eigenvalue weighted by Gasteiger charge is -2.26. The topological polar surface area (TPSA) is 80.0 Å². The third-order valence-corrected chi connectivity index (χ3v) is 4.30. The smallest absolute Gasteiger partial charge is 0.351 e. The van der Waals surface area contributed by atoms with E-state index >= 15 is 0 Å². The fourth-order valence-corrected chi connectivity index (χ4v) is 3.05. The molecule has 1 N–H and O–H groups in total. The summed E-state index contributed by atoms with van der Waals surface area (Å²) in [6.07, 6.45) is 3.56. The summed E-state index contributed by atoms with van der Waals surface area (Å²) in [7, 11) is 0. The summed E-state index contributed by atoms with van der Waals surface area (Å²) in [6.45, 7) is 4.47. The van der Waals surface area contributed by atoms with Gasteiger partial charge in [0.05, 0.1) is 6.61 Å². The Morgan fingerprint density at radius 3 is 2.75 bits per heavy atom. The number of nitrogens with zero attached hydrogens (tertiary/aromatic N) is 1. The highest BCUT2D eigenvalue weighted by Gasteiger charge is 2.19. The number of aromatic hydroxyl groups is 1. The normalized spacial score (nSPS) is 15.5. The second-order valence-corrected chi connectivity index (χ2v) is 6.00. The Hall–Kier alpha value is -2.34. The van der Waals surface area contributed by atoms with Crippen molar-refractivity contribution in [2.24, 2.45) is 0 Å². The van der Waals surface area contributed by atoms with E-state index in [1.54, 1.807) is 19.1 Å². The van der Waals surface area contributed by atoms with Crippen LogP contribution in [0.3, 0.4) is 0 Å². The molecule has 0 spiro atoms. The van der Waals surface area contributed by atoms with Gasteiger partial charge in [0.15, 0.2) is 11.3 Å². The molecule has 1 aromatic heterocycles. The fraction of sp³-hybridized carbons (Fsp3) is 0.444. The van der Waals surface area contributed by atoms with E-state index in [0.29, 0.717) is 11.9 Å². The van der Waals surface area contributed by atoms with E-state index < -0.39 is 11.6 Å². The predicted molar refractivity (Wildman–Crippen MR) is 89.2 cm³/mol. The van der Waals surface area contributed by atoms with Crippen molar-refractivity contribution >= 4 is 16.9 Å². The van der Waals surface area contributed by atoms with Crippen molar-refractivity contribution in [3.05, 3.63) is 39.7 Å². The molecule has 0 saturated carbocycles. The average Bonchev–Trinajstić information content (AvgIpc) is 2.58. The third kappa shape index (κ3) is 3.28. The van der Waals surface area contributed by atoms with Crippen LogP contribution >= 0.6 is 0 Å². The number of carbonyl (C=O) groups excluding carboxylic acids is 1. The van der Waals surface area contributed by atoms with E-state index in [1.165, 1.54) is 12.5 Å². The Morgan fingerprint density at radius 2 is 2.04 bits per heavy atom. The molecule has 0 atom stereocenters. The van der Waals surface area contributed by atoms with Crippen LogP contribution < -0.4 is 5.63 Å². The summed E-state index contributed by atoms with van der Waals surface area (Å²) in [5.41, 5.74) is -0.127. The molecule has 6 heteroatoms. The summed E-state index contributed by atoms with van der Waals surface area (Å²) < 4.78 is 10.0. The molecule has 0 unspecified atom stereocenters. The van der Waals surface area contributed by atoms with Crippen LogP contribution in [0, 0.1) is 0 Å². The molecule has 6 nitrogen and oxygen atoms in total. The second-order valence-electron chi connectivity index (χ2n) is 6.00. The minimum Gasteiger partial charge on any atom is -0.504 e. The van der Waals surface area contributed by atoms with Crippen molar-refractivity contribution in [1.82, 2.24) is 4.90 Å². The van der Waals surface area contributed by atoms with Crippen molar-refractivity contribution < 1.29 is 19.1 Å². The zero-order valence-electron chi connectivity index (χ0n) is 13.7. The van der Waals surface area contributed by atoms with Gasteiger partial charge >= 0.3 is 11.6 Å². The number of piperidine rings is 1. The SMILES string of the molecule is CCOC(=O)c1cc2ccc(CN3CCCCC3)c(O)c2oc1=O. The van der Waals surface area contributed by atoms with Gasteiger partial charge in [-0.3, -0.25) is 4.90 Å². The number of benzene rings is 1. The molecule has 0 radical (unpaired) electrons. The molecule has 128 valence electrons. The highest BCUT2D eigenvalue weighted by Crippen LogP contribution is 2.30. The summed E-state index contributed by atoms with van der Waals surface area (Å²) in [6, 6.07) is 4.96. The van der Waals surface area contributed by atoms with E-state index in [9.17, 15) is 14.7 Å². The van der Waals surface area contributed by atoms with Gasteiger partial charge in [0.1, 0.15) is 5.56 Å². The lowest BCUT2D eigenvalue weighted by Crippen LogP contribution is -2.29. The number of ether oxygens (including phenoxy) is 1. The van der Waals surface area contributed by atoms with Gasteiger partial charge in [-0.05, 0) is 38.9 Å². The van der Waals surface area contributed by atoms with Crippen molar-refractivity contribution in [3.8, 4) is 5.75 Å². The first-order chi connectivity index (χ1) is 11.6. The van der Waals surface area contributed by atoms with Crippen LogP contribution in [0.2, 0.25) is 0 Å². The maximum atomic E-state index is 12.0. The molecule has 24 heavy (non-hydrogen) atoms. The predicted octanol–water partition coefficient (Wildman–Crippen LogP) is 2.66. The molecule has 3 rings (SSSR count). The van der Waals surface area contributed by atoms with Crippen molar-refractivity contribution in [1.29, 1.82) is 0 Å². The summed E-state index contributed by atoms with van der Waals surface area (Å²) >= 11 is 0. The van der Waals surface area contributed by atoms with E-state index in [-0.39, 0.29) is 23.5 Å². The van der Waals surface area contributed by atoms with Crippen LogP contribution in [0.15, 0.2) is 27.4 Å². The number of phenolic OH excluding ortho intramolecular Hbond substituents is 1. The molecule has 1 aromatic carbocycles. The van der Waals surface area contributed by atoms with Gasteiger partial charge in [0.25, 0.3) is 0 Å². The molecule has 2 aromatic rings. The van der Waals surface area contributed by atoms with Crippen molar-refractivity contribution in [2.45, 2.75) is 32.7 Å². The summed E-state index contributed by atoms with van der Waals surface area (Å²) in [5.74, 6) is -0.754. The minimum absolute atomic E-state index is 0.0365. The molecular formula is C18H21NO5. The number of hydrogen-bond acceptors (Lipinski definition) is 6. The molecule has 0 amide bonds. The lowest BCUT2D eigenvalue weighted by molar-refractivity contribution is 0.0521. The van der Waals surface area contributed by atoms with Crippen molar-refractivity contribution in [2.75, 3.05) is 19.7 Å². The average molecular weight is 331 g/mol. The first-order valence-corrected chi connectivity index (χ1v) is 8.28. The van der Waals surface area contributed by atoms with Gasteiger partial charge in [-0.15, -0.1) is 0 Å². The summed E-state index contributed by atoms with van der Waals surface area (Å²) in [5, 5.41) is 11.0. The van der Waals surface area contributed by atoms with Gasteiger partial charge in [-0.25, -0.2) is 9.59 Å². The molecule has 1 fully saturated rings. The first-order valence-electron chi connectivity index (χ1n) is 8.28. The van der Waals surface area contributed by atoms with Gasteiger partial charge < -0.3 is 14.3 Å². The molecule has 0 aliphatic carbocycles. The highest BCUT2D eigenvalue weighted by atomic mass is 16.5. The third-order valence-electron chi connectivity index (χ3n) is 4.30. The number of fused-ring (bicyclic) bond motifs is 1. The molecule has 2 heterocycles. The Bertz CT molecular complexity index is 805. The zero-order chi connectivity index (χ0) is 17.1. The number of esters is 1. The van der Waals surface area contributed by atoms with Crippen LogP contribution in [0.1, 0.15) is 42.1 Å². The Morgan fingerprint density at radius 1 is 1.29 bits per heavy atom. The van der Waals surface area contributed by atoms with E-state index in [1.807, 2.05) is 0 Å². The first kappa shape index (κ1) is 16.5. The summed E-state index contributed by atoms with van der Waals surface area (Å²) in [4.78, 5) is 26.1. The molecular weight excluding hydrogens is 310 g/mol. The number of rotatable bonds is 4. The van der Waals surface area contributed by atoms with Gasteiger partial charge in [0, 0.05) is 17.5 Å². The standard InChI is InChI=1S/C18H21NO5/c1-2-23-17(21)14-10-12-6-7-13(11-19-8-4-3-5-9-19)15(20)16(12)24-18(14)22/h6-7,10,20H,2-5,8-9,11H2,1H3. The van der Waals surface area contributed by atoms with Crippen LogP contribution in [0.5, 0.6) is 5.75 Å². The van der Waals surface area contributed by atoms with E-state index in [4.69, 9.17) is 9.15 Å². The Balaban J connectivity index is 1.95. The molecule has 1 saturated heterocycles. The molecule has 1 aliphatic rings. The number of hydrogen-bond donors (Lipinski definition) is 1. The van der Waals surface area contributed by atoms with Crippen LogP contribution in [-0.2, 0) is 11.3 Å². The second kappa shape index (κ2) is 7.05.